The Balaban J connectivity index is 2.01. The topological polar surface area (TPSA) is 33.1 Å². The molecular formula is C16H19NO. The van der Waals surface area contributed by atoms with Gasteiger partial charge in [0.25, 0.3) is 0 Å². The quantitative estimate of drug-likeness (QED) is 0.873. The molecule has 1 N–H and O–H groups in total. The lowest BCUT2D eigenvalue weighted by Crippen LogP contribution is -2.43. The third-order valence-electron chi connectivity index (χ3n) is 4.28. The molecule has 94 valence electrons. The molecule has 0 amide bonds. The van der Waals surface area contributed by atoms with Crippen molar-refractivity contribution in [3.05, 3.63) is 42.1 Å². The third kappa shape index (κ3) is 1.72. The van der Waals surface area contributed by atoms with Crippen molar-refractivity contribution in [1.29, 1.82) is 0 Å². The van der Waals surface area contributed by atoms with Crippen LogP contribution in [0.5, 0.6) is 0 Å². The minimum Gasteiger partial charge on any atom is -0.385 e. The second kappa shape index (κ2) is 4.06. The molecule has 0 radical (unpaired) electrons. The highest BCUT2D eigenvalue weighted by Crippen LogP contribution is 2.49. The van der Waals surface area contributed by atoms with Gasteiger partial charge in [-0.1, -0.05) is 38.1 Å². The number of hydrogen-bond donors (Lipinski definition) is 1. The van der Waals surface area contributed by atoms with Gasteiger partial charge >= 0.3 is 0 Å². The predicted octanol–water partition coefficient (Wildman–Crippen LogP) is 3.49. The van der Waals surface area contributed by atoms with Crippen LogP contribution in [0, 0.1) is 11.8 Å². The molecule has 2 nitrogen and oxygen atoms in total. The molecule has 1 aromatic heterocycles. The molecule has 0 bridgehead atoms. The zero-order valence-electron chi connectivity index (χ0n) is 10.9. The molecule has 1 fully saturated rings. The van der Waals surface area contributed by atoms with Gasteiger partial charge < -0.3 is 5.11 Å². The van der Waals surface area contributed by atoms with Gasteiger partial charge in [-0.25, -0.2) is 0 Å². The monoisotopic (exact) mass is 241 g/mol. The van der Waals surface area contributed by atoms with Crippen molar-refractivity contribution < 1.29 is 5.11 Å². The van der Waals surface area contributed by atoms with Crippen molar-refractivity contribution in [1.82, 2.24) is 4.98 Å². The first-order chi connectivity index (χ1) is 8.60. The molecule has 1 aliphatic carbocycles. The Labute approximate surface area is 108 Å². The number of para-hydroxylation sites is 1. The van der Waals surface area contributed by atoms with Gasteiger partial charge in [-0.15, -0.1) is 0 Å². The van der Waals surface area contributed by atoms with E-state index < -0.39 is 5.60 Å². The van der Waals surface area contributed by atoms with Gasteiger partial charge in [0.2, 0.25) is 0 Å². The van der Waals surface area contributed by atoms with E-state index in [1.165, 1.54) is 0 Å². The van der Waals surface area contributed by atoms with Gasteiger partial charge in [-0.05, 0) is 30.7 Å². The molecule has 0 saturated heterocycles. The molecule has 0 aliphatic heterocycles. The van der Waals surface area contributed by atoms with Gasteiger partial charge in [0.15, 0.2) is 0 Å². The van der Waals surface area contributed by atoms with Crippen LogP contribution in [0.4, 0.5) is 0 Å². The summed E-state index contributed by atoms with van der Waals surface area (Å²) in [5.41, 5.74) is 1.28. The summed E-state index contributed by atoms with van der Waals surface area (Å²) in [6, 6.07) is 10.1. The van der Waals surface area contributed by atoms with Crippen molar-refractivity contribution in [2.45, 2.75) is 32.3 Å². The second-order valence-electron chi connectivity index (χ2n) is 5.82. The van der Waals surface area contributed by atoms with E-state index in [1.807, 2.05) is 30.3 Å². The summed E-state index contributed by atoms with van der Waals surface area (Å²) in [5, 5.41) is 11.9. The first-order valence-electron chi connectivity index (χ1n) is 6.67. The summed E-state index contributed by atoms with van der Waals surface area (Å²) in [4.78, 5) is 4.44. The molecule has 0 spiro atoms. The average Bonchev–Trinajstić information content (AvgIpc) is 2.34. The second-order valence-corrected chi connectivity index (χ2v) is 5.82. The molecule has 0 atom stereocenters. The number of aliphatic hydroxyl groups is 1. The van der Waals surface area contributed by atoms with Crippen LogP contribution in [0.2, 0.25) is 0 Å². The molecular weight excluding hydrogens is 222 g/mol. The Hall–Kier alpha value is -1.41. The third-order valence-corrected chi connectivity index (χ3v) is 4.28. The lowest BCUT2D eigenvalue weighted by Gasteiger charge is -2.46. The lowest BCUT2D eigenvalue weighted by atomic mass is 9.63. The molecule has 0 unspecified atom stereocenters. The number of fused-ring (bicyclic) bond motifs is 1. The van der Waals surface area contributed by atoms with E-state index in [0.717, 1.165) is 29.3 Å². The van der Waals surface area contributed by atoms with Crippen molar-refractivity contribution >= 4 is 10.9 Å². The highest BCUT2D eigenvalue weighted by atomic mass is 16.3. The Morgan fingerprint density at radius 1 is 1.22 bits per heavy atom. The molecule has 1 aromatic carbocycles. The van der Waals surface area contributed by atoms with Gasteiger partial charge in [-0.3, -0.25) is 4.98 Å². The van der Waals surface area contributed by atoms with E-state index in [2.05, 4.69) is 18.8 Å². The van der Waals surface area contributed by atoms with Gasteiger partial charge in [-0.2, -0.15) is 0 Å². The van der Waals surface area contributed by atoms with E-state index in [0.29, 0.717) is 11.8 Å². The SMILES string of the molecule is CC(C)C1CC(O)(c2cccc3cccnc23)C1. The highest BCUT2D eigenvalue weighted by Gasteiger charge is 2.45. The van der Waals surface area contributed by atoms with Crippen LogP contribution in [0.1, 0.15) is 32.3 Å². The number of pyridine rings is 1. The molecule has 1 aliphatic rings. The largest absolute Gasteiger partial charge is 0.385 e. The van der Waals surface area contributed by atoms with Crippen LogP contribution < -0.4 is 0 Å². The van der Waals surface area contributed by atoms with E-state index in [-0.39, 0.29) is 0 Å². The standard InChI is InChI=1S/C16H19NO/c1-11(2)13-9-16(18,10-13)14-7-3-5-12-6-4-8-17-15(12)14/h3-8,11,13,18H,9-10H2,1-2H3. The summed E-state index contributed by atoms with van der Waals surface area (Å²) in [6.07, 6.45) is 3.52. The minimum atomic E-state index is -0.664. The van der Waals surface area contributed by atoms with Crippen LogP contribution >= 0.6 is 0 Å². The van der Waals surface area contributed by atoms with E-state index in [9.17, 15) is 5.11 Å². The maximum absolute atomic E-state index is 10.8. The number of hydrogen-bond acceptors (Lipinski definition) is 2. The summed E-state index contributed by atoms with van der Waals surface area (Å²) in [5.74, 6) is 1.28. The van der Waals surface area contributed by atoms with Gasteiger partial charge in [0.05, 0.1) is 11.1 Å². The molecule has 1 heterocycles. The molecule has 18 heavy (non-hydrogen) atoms. The Kier molecular flexibility index (Phi) is 2.63. The smallest absolute Gasteiger partial charge is 0.0923 e. The zero-order valence-corrected chi connectivity index (χ0v) is 10.9. The first kappa shape index (κ1) is 11.7. The lowest BCUT2D eigenvalue weighted by molar-refractivity contribution is -0.0923. The zero-order chi connectivity index (χ0) is 12.8. The van der Waals surface area contributed by atoms with Gasteiger partial charge in [0, 0.05) is 17.1 Å². The highest BCUT2D eigenvalue weighted by molar-refractivity contribution is 5.82. The van der Waals surface area contributed by atoms with E-state index in [4.69, 9.17) is 0 Å². The predicted molar refractivity (Wildman–Crippen MR) is 73.2 cm³/mol. The van der Waals surface area contributed by atoms with Gasteiger partial charge in [0.1, 0.15) is 0 Å². The van der Waals surface area contributed by atoms with Crippen molar-refractivity contribution in [2.24, 2.45) is 11.8 Å². The summed E-state index contributed by atoms with van der Waals surface area (Å²) in [7, 11) is 0. The molecule has 1 saturated carbocycles. The number of aromatic nitrogens is 1. The fourth-order valence-corrected chi connectivity index (χ4v) is 2.98. The van der Waals surface area contributed by atoms with Crippen LogP contribution in [-0.4, -0.2) is 10.1 Å². The Morgan fingerprint density at radius 3 is 2.67 bits per heavy atom. The van der Waals surface area contributed by atoms with Crippen LogP contribution in [-0.2, 0) is 5.60 Å². The maximum atomic E-state index is 10.8. The van der Waals surface area contributed by atoms with Crippen LogP contribution in [0.3, 0.4) is 0 Å². The Bertz CT molecular complexity index is 565. The summed E-state index contributed by atoms with van der Waals surface area (Å²) in [6.45, 7) is 4.46. The summed E-state index contributed by atoms with van der Waals surface area (Å²) >= 11 is 0. The first-order valence-corrected chi connectivity index (χ1v) is 6.67. The van der Waals surface area contributed by atoms with Crippen molar-refractivity contribution in [3.8, 4) is 0 Å². The van der Waals surface area contributed by atoms with E-state index >= 15 is 0 Å². The number of rotatable bonds is 2. The fourth-order valence-electron chi connectivity index (χ4n) is 2.98. The normalized spacial score (nSPS) is 27.4. The number of benzene rings is 1. The van der Waals surface area contributed by atoms with E-state index in [1.54, 1.807) is 6.20 Å². The maximum Gasteiger partial charge on any atom is 0.0923 e. The molecule has 2 aromatic rings. The number of nitrogens with zero attached hydrogens (tertiary/aromatic N) is 1. The molecule has 2 heteroatoms. The van der Waals surface area contributed by atoms with Crippen molar-refractivity contribution in [3.63, 3.8) is 0 Å². The Morgan fingerprint density at radius 2 is 1.94 bits per heavy atom. The van der Waals surface area contributed by atoms with Crippen molar-refractivity contribution in [2.75, 3.05) is 0 Å². The summed E-state index contributed by atoms with van der Waals surface area (Å²) < 4.78 is 0. The fraction of sp³-hybridized carbons (Fsp3) is 0.438. The van der Waals surface area contributed by atoms with Crippen LogP contribution in [0.25, 0.3) is 10.9 Å². The molecule has 3 rings (SSSR count). The van der Waals surface area contributed by atoms with Crippen LogP contribution in [0.15, 0.2) is 36.5 Å². The average molecular weight is 241 g/mol. The minimum absolute atomic E-state index is 0.633.